The van der Waals surface area contributed by atoms with Gasteiger partial charge in [0.05, 0.1) is 13.5 Å². The van der Waals surface area contributed by atoms with E-state index in [4.69, 9.17) is 4.74 Å². The summed E-state index contributed by atoms with van der Waals surface area (Å²) in [6.07, 6.45) is -0.955. The smallest absolute Gasteiger partial charge is 0.308 e. The standard InChI is InChI=1S/C13H17NO4/c1-9-4-6-10(7-5-9)14-13(16)11(17-2)8-12(15)18-3/h4-7,11H,8H2,1-3H3,(H,14,16). The van der Waals surface area contributed by atoms with Crippen molar-refractivity contribution in [2.75, 3.05) is 19.5 Å². The van der Waals surface area contributed by atoms with Gasteiger partial charge in [0.2, 0.25) is 0 Å². The molecule has 98 valence electrons. The Morgan fingerprint density at radius 2 is 1.83 bits per heavy atom. The summed E-state index contributed by atoms with van der Waals surface area (Å²) in [4.78, 5) is 22.9. The van der Waals surface area contributed by atoms with Crippen molar-refractivity contribution >= 4 is 17.6 Å². The maximum atomic E-state index is 11.8. The number of hydrogen-bond donors (Lipinski definition) is 1. The van der Waals surface area contributed by atoms with Crippen molar-refractivity contribution < 1.29 is 19.1 Å². The molecule has 1 N–H and O–H groups in total. The first-order valence-electron chi connectivity index (χ1n) is 5.54. The minimum Gasteiger partial charge on any atom is -0.469 e. The van der Waals surface area contributed by atoms with E-state index in [1.807, 2.05) is 19.1 Å². The fraction of sp³-hybridized carbons (Fsp3) is 0.385. The molecular weight excluding hydrogens is 234 g/mol. The van der Waals surface area contributed by atoms with Crippen LogP contribution in [-0.2, 0) is 19.1 Å². The summed E-state index contributed by atoms with van der Waals surface area (Å²) < 4.78 is 9.47. The molecular formula is C13H17NO4. The molecule has 0 saturated carbocycles. The number of ether oxygens (including phenoxy) is 2. The number of carbonyl (C=O) groups excluding carboxylic acids is 2. The summed E-state index contributed by atoms with van der Waals surface area (Å²) in [6.45, 7) is 1.96. The van der Waals surface area contributed by atoms with E-state index < -0.39 is 12.1 Å². The van der Waals surface area contributed by atoms with Crippen LogP contribution in [-0.4, -0.2) is 32.2 Å². The molecule has 0 heterocycles. The molecule has 0 aliphatic rings. The number of hydrogen-bond acceptors (Lipinski definition) is 4. The van der Waals surface area contributed by atoms with Crippen LogP contribution < -0.4 is 5.32 Å². The third kappa shape index (κ3) is 4.18. The van der Waals surface area contributed by atoms with Crippen LogP contribution in [0, 0.1) is 6.92 Å². The highest BCUT2D eigenvalue weighted by Gasteiger charge is 2.21. The highest BCUT2D eigenvalue weighted by Crippen LogP contribution is 2.10. The molecule has 1 aromatic carbocycles. The second kappa shape index (κ2) is 6.76. The first kappa shape index (κ1) is 14.2. The summed E-state index contributed by atoms with van der Waals surface area (Å²) in [5.74, 6) is -0.854. The predicted octanol–water partition coefficient (Wildman–Crippen LogP) is 1.51. The van der Waals surface area contributed by atoms with E-state index in [1.165, 1.54) is 14.2 Å². The van der Waals surface area contributed by atoms with E-state index in [1.54, 1.807) is 12.1 Å². The summed E-state index contributed by atoms with van der Waals surface area (Å²) in [5.41, 5.74) is 1.77. The molecule has 1 rings (SSSR count). The number of rotatable bonds is 5. The van der Waals surface area contributed by atoms with Crippen LogP contribution in [0.25, 0.3) is 0 Å². The SMILES string of the molecule is COC(=O)CC(OC)C(=O)Nc1ccc(C)cc1. The van der Waals surface area contributed by atoms with Gasteiger partial charge < -0.3 is 14.8 Å². The molecule has 1 atom stereocenters. The average molecular weight is 251 g/mol. The number of carbonyl (C=O) groups is 2. The zero-order valence-electron chi connectivity index (χ0n) is 10.7. The van der Waals surface area contributed by atoms with Gasteiger partial charge in [0.1, 0.15) is 6.10 Å². The van der Waals surface area contributed by atoms with E-state index in [-0.39, 0.29) is 12.3 Å². The first-order valence-corrected chi connectivity index (χ1v) is 5.54. The maximum Gasteiger partial charge on any atom is 0.308 e. The Bertz CT molecular complexity index is 414. The lowest BCUT2D eigenvalue weighted by Crippen LogP contribution is -2.32. The molecule has 0 spiro atoms. The topological polar surface area (TPSA) is 64.6 Å². The van der Waals surface area contributed by atoms with Crippen LogP contribution in [0.1, 0.15) is 12.0 Å². The molecule has 1 aromatic rings. The molecule has 0 aromatic heterocycles. The van der Waals surface area contributed by atoms with Gasteiger partial charge in [-0.1, -0.05) is 17.7 Å². The largest absolute Gasteiger partial charge is 0.469 e. The van der Waals surface area contributed by atoms with Gasteiger partial charge in [0.25, 0.3) is 5.91 Å². The fourth-order valence-electron chi connectivity index (χ4n) is 1.38. The van der Waals surface area contributed by atoms with Crippen molar-refractivity contribution in [3.8, 4) is 0 Å². The van der Waals surface area contributed by atoms with E-state index in [0.717, 1.165) is 5.56 Å². The molecule has 0 aliphatic heterocycles. The predicted molar refractivity (Wildman–Crippen MR) is 67.2 cm³/mol. The molecule has 1 amide bonds. The zero-order valence-corrected chi connectivity index (χ0v) is 10.7. The molecule has 0 radical (unpaired) electrons. The normalized spacial score (nSPS) is 11.7. The average Bonchev–Trinajstić information content (AvgIpc) is 2.38. The van der Waals surface area contributed by atoms with Crippen molar-refractivity contribution in [2.45, 2.75) is 19.4 Å². The second-order valence-corrected chi connectivity index (χ2v) is 3.86. The van der Waals surface area contributed by atoms with E-state index in [9.17, 15) is 9.59 Å². The minimum atomic E-state index is -0.848. The number of anilines is 1. The number of esters is 1. The first-order chi connectivity index (χ1) is 8.56. The van der Waals surface area contributed by atoms with E-state index >= 15 is 0 Å². The molecule has 0 bridgehead atoms. The monoisotopic (exact) mass is 251 g/mol. The third-order valence-corrected chi connectivity index (χ3v) is 2.48. The highest BCUT2D eigenvalue weighted by atomic mass is 16.5. The lowest BCUT2D eigenvalue weighted by Gasteiger charge is -2.14. The molecule has 0 fully saturated rings. The molecule has 0 saturated heterocycles. The Morgan fingerprint density at radius 3 is 2.33 bits per heavy atom. The van der Waals surface area contributed by atoms with Gasteiger partial charge in [-0.25, -0.2) is 0 Å². The molecule has 1 unspecified atom stereocenters. The van der Waals surface area contributed by atoms with E-state index in [2.05, 4.69) is 10.1 Å². The van der Waals surface area contributed by atoms with Crippen LogP contribution in [0.4, 0.5) is 5.69 Å². The van der Waals surface area contributed by atoms with Gasteiger partial charge in [-0.3, -0.25) is 9.59 Å². The van der Waals surface area contributed by atoms with Crippen LogP contribution >= 0.6 is 0 Å². The van der Waals surface area contributed by atoms with Gasteiger partial charge in [0, 0.05) is 12.8 Å². The van der Waals surface area contributed by atoms with Crippen molar-refractivity contribution in [1.29, 1.82) is 0 Å². The summed E-state index contributed by atoms with van der Waals surface area (Å²) in [5, 5.41) is 2.68. The third-order valence-electron chi connectivity index (χ3n) is 2.48. The summed E-state index contributed by atoms with van der Waals surface area (Å²) >= 11 is 0. The van der Waals surface area contributed by atoms with Crippen LogP contribution in [0.3, 0.4) is 0 Å². The van der Waals surface area contributed by atoms with Crippen LogP contribution in [0.5, 0.6) is 0 Å². The van der Waals surface area contributed by atoms with Crippen molar-refractivity contribution in [3.05, 3.63) is 29.8 Å². The van der Waals surface area contributed by atoms with Crippen molar-refractivity contribution in [1.82, 2.24) is 0 Å². The van der Waals surface area contributed by atoms with Gasteiger partial charge >= 0.3 is 5.97 Å². The zero-order chi connectivity index (χ0) is 13.5. The number of amides is 1. The molecule has 18 heavy (non-hydrogen) atoms. The van der Waals surface area contributed by atoms with Crippen molar-refractivity contribution in [2.24, 2.45) is 0 Å². The number of aryl methyl sites for hydroxylation is 1. The lowest BCUT2D eigenvalue weighted by atomic mass is 10.2. The molecule has 5 nitrogen and oxygen atoms in total. The quantitative estimate of drug-likeness (QED) is 0.806. The van der Waals surface area contributed by atoms with E-state index in [0.29, 0.717) is 5.69 Å². The number of methoxy groups -OCH3 is 2. The van der Waals surface area contributed by atoms with Crippen LogP contribution in [0.15, 0.2) is 24.3 Å². The lowest BCUT2D eigenvalue weighted by molar-refractivity contribution is -0.146. The number of benzene rings is 1. The Kier molecular flexibility index (Phi) is 5.32. The van der Waals surface area contributed by atoms with Gasteiger partial charge in [0.15, 0.2) is 0 Å². The molecule has 0 aliphatic carbocycles. The Balaban J connectivity index is 2.62. The maximum absolute atomic E-state index is 11.8. The Labute approximate surface area is 106 Å². The summed E-state index contributed by atoms with van der Waals surface area (Å²) in [6, 6.07) is 7.35. The van der Waals surface area contributed by atoms with Gasteiger partial charge in [-0.2, -0.15) is 0 Å². The minimum absolute atomic E-state index is 0.106. The highest BCUT2D eigenvalue weighted by molar-refractivity contribution is 5.96. The Morgan fingerprint density at radius 1 is 1.22 bits per heavy atom. The fourth-order valence-corrected chi connectivity index (χ4v) is 1.38. The van der Waals surface area contributed by atoms with Crippen molar-refractivity contribution in [3.63, 3.8) is 0 Å². The number of nitrogens with one attached hydrogen (secondary N) is 1. The van der Waals surface area contributed by atoms with Gasteiger partial charge in [-0.05, 0) is 19.1 Å². The Hall–Kier alpha value is -1.88. The van der Waals surface area contributed by atoms with Gasteiger partial charge in [-0.15, -0.1) is 0 Å². The summed E-state index contributed by atoms with van der Waals surface area (Å²) in [7, 11) is 2.65. The molecule has 5 heteroatoms. The second-order valence-electron chi connectivity index (χ2n) is 3.86. The van der Waals surface area contributed by atoms with Crippen LogP contribution in [0.2, 0.25) is 0 Å².